The first-order valence-corrected chi connectivity index (χ1v) is 9.94. The van der Waals surface area contributed by atoms with Crippen molar-refractivity contribution in [1.29, 1.82) is 0 Å². The Hall–Kier alpha value is -3.54. The van der Waals surface area contributed by atoms with Gasteiger partial charge in [0.15, 0.2) is 5.76 Å². The zero-order valence-electron chi connectivity index (χ0n) is 17.6. The van der Waals surface area contributed by atoms with E-state index >= 15 is 0 Å². The van der Waals surface area contributed by atoms with Crippen molar-refractivity contribution in [2.75, 3.05) is 5.73 Å². The molecule has 0 saturated carbocycles. The summed E-state index contributed by atoms with van der Waals surface area (Å²) in [5, 5.41) is 4.08. The number of aryl methyl sites for hydroxylation is 1. The lowest BCUT2D eigenvalue weighted by molar-refractivity contribution is 0.267. The molecule has 2 N–H and O–H groups in total. The van der Waals surface area contributed by atoms with Crippen LogP contribution in [0.2, 0.25) is 0 Å². The van der Waals surface area contributed by atoms with Gasteiger partial charge in [0, 0.05) is 11.3 Å². The molecule has 4 aromatic rings. The van der Waals surface area contributed by atoms with Crippen LogP contribution in [-0.4, -0.2) is 10.1 Å². The number of ether oxygens (including phenoxy) is 1. The van der Waals surface area contributed by atoms with Gasteiger partial charge in [0.1, 0.15) is 18.1 Å². The topological polar surface area (TPSA) is 87.3 Å². The van der Waals surface area contributed by atoms with E-state index in [1.165, 1.54) is 5.56 Å². The third-order valence-corrected chi connectivity index (χ3v) is 5.08. The minimum atomic E-state index is 0.316. The summed E-state index contributed by atoms with van der Waals surface area (Å²) in [5.41, 5.74) is 10.7. The van der Waals surface area contributed by atoms with Crippen molar-refractivity contribution < 1.29 is 13.7 Å². The van der Waals surface area contributed by atoms with Crippen LogP contribution in [-0.2, 0) is 6.61 Å². The molecule has 2 aromatic carbocycles. The predicted molar refractivity (Wildman–Crippen MR) is 116 cm³/mol. The monoisotopic (exact) mass is 403 g/mol. The summed E-state index contributed by atoms with van der Waals surface area (Å²) in [5.74, 6) is 3.23. The summed E-state index contributed by atoms with van der Waals surface area (Å²) in [6.07, 6.45) is 0. The number of furan rings is 1. The van der Waals surface area contributed by atoms with Crippen molar-refractivity contribution in [3.8, 4) is 28.8 Å². The zero-order valence-corrected chi connectivity index (χ0v) is 17.6. The van der Waals surface area contributed by atoms with E-state index in [-0.39, 0.29) is 0 Å². The van der Waals surface area contributed by atoms with Crippen molar-refractivity contribution in [1.82, 2.24) is 10.1 Å². The van der Waals surface area contributed by atoms with Gasteiger partial charge in [-0.1, -0.05) is 43.3 Å². The number of nitrogen functional groups attached to an aromatic ring is 1. The van der Waals surface area contributed by atoms with Gasteiger partial charge in [0.25, 0.3) is 5.89 Å². The molecule has 0 amide bonds. The molecule has 6 nitrogen and oxygen atoms in total. The van der Waals surface area contributed by atoms with Crippen LogP contribution in [0.25, 0.3) is 23.0 Å². The molecular weight excluding hydrogens is 378 g/mol. The second kappa shape index (κ2) is 8.06. The van der Waals surface area contributed by atoms with Crippen LogP contribution in [0.5, 0.6) is 5.75 Å². The van der Waals surface area contributed by atoms with E-state index in [9.17, 15) is 0 Å². The summed E-state index contributed by atoms with van der Waals surface area (Å²) in [6, 6.07) is 15.6. The summed E-state index contributed by atoms with van der Waals surface area (Å²) in [6.45, 7) is 8.60. The number of anilines is 1. The third kappa shape index (κ3) is 3.94. The highest BCUT2D eigenvalue weighted by Gasteiger charge is 2.17. The molecule has 0 aliphatic heterocycles. The molecule has 6 heteroatoms. The molecule has 154 valence electrons. The standard InChI is InChI=1S/C24H25N3O3/c1-14(2)18-10-8-15(3)12-22(18)28-13-17-9-11-21(29-17)24-26-23(27-30-24)19-6-5-7-20(25)16(19)4/h5-12,14H,13,25H2,1-4H3. The number of nitrogens with zero attached hydrogens (tertiary/aromatic N) is 2. The Bertz CT molecular complexity index is 1170. The van der Waals surface area contributed by atoms with Gasteiger partial charge in [-0.25, -0.2) is 0 Å². The number of rotatable bonds is 6. The van der Waals surface area contributed by atoms with E-state index in [1.54, 1.807) is 0 Å². The van der Waals surface area contributed by atoms with Gasteiger partial charge in [0.05, 0.1) is 0 Å². The first-order valence-electron chi connectivity index (χ1n) is 9.94. The minimum Gasteiger partial charge on any atom is -0.485 e. The highest BCUT2D eigenvalue weighted by Crippen LogP contribution is 2.30. The first-order chi connectivity index (χ1) is 14.4. The second-order valence-corrected chi connectivity index (χ2v) is 7.69. The van der Waals surface area contributed by atoms with Crippen molar-refractivity contribution in [2.24, 2.45) is 0 Å². The Morgan fingerprint density at radius 3 is 2.70 bits per heavy atom. The lowest BCUT2D eigenvalue weighted by atomic mass is 10.0. The number of nitrogens with two attached hydrogens (primary N) is 1. The largest absolute Gasteiger partial charge is 0.485 e. The molecular formula is C24H25N3O3. The van der Waals surface area contributed by atoms with Crippen molar-refractivity contribution in [3.05, 3.63) is 71.0 Å². The summed E-state index contributed by atoms with van der Waals surface area (Å²) >= 11 is 0. The average Bonchev–Trinajstić information content (AvgIpc) is 3.38. The van der Waals surface area contributed by atoms with Gasteiger partial charge >= 0.3 is 0 Å². The molecule has 2 heterocycles. The minimum absolute atomic E-state index is 0.316. The average molecular weight is 403 g/mol. The maximum absolute atomic E-state index is 6.04. The van der Waals surface area contributed by atoms with Gasteiger partial charge in [-0.2, -0.15) is 4.98 Å². The molecule has 0 aliphatic rings. The molecule has 0 unspecified atom stereocenters. The Balaban J connectivity index is 1.51. The van der Waals surface area contributed by atoms with Crippen LogP contribution >= 0.6 is 0 Å². The quantitative estimate of drug-likeness (QED) is 0.403. The van der Waals surface area contributed by atoms with Gasteiger partial charge in [-0.05, 0) is 60.7 Å². The molecule has 0 atom stereocenters. The number of hydrogen-bond donors (Lipinski definition) is 1. The SMILES string of the molecule is Cc1ccc(C(C)C)c(OCc2ccc(-c3nc(-c4cccc(N)c4C)no3)o2)c1. The van der Waals surface area contributed by atoms with Gasteiger partial charge in [-0.15, -0.1) is 0 Å². The Morgan fingerprint density at radius 1 is 1.07 bits per heavy atom. The van der Waals surface area contributed by atoms with E-state index in [4.69, 9.17) is 19.4 Å². The molecule has 0 saturated heterocycles. The van der Waals surface area contributed by atoms with E-state index in [2.05, 4.69) is 49.1 Å². The fraction of sp³-hybridized carbons (Fsp3) is 0.250. The molecule has 4 rings (SSSR count). The van der Waals surface area contributed by atoms with E-state index in [0.29, 0.717) is 41.4 Å². The number of aromatic nitrogens is 2. The highest BCUT2D eigenvalue weighted by atomic mass is 16.5. The Morgan fingerprint density at radius 2 is 1.90 bits per heavy atom. The van der Waals surface area contributed by atoms with Crippen LogP contribution in [0, 0.1) is 13.8 Å². The molecule has 0 radical (unpaired) electrons. The van der Waals surface area contributed by atoms with Crippen LogP contribution in [0.3, 0.4) is 0 Å². The van der Waals surface area contributed by atoms with E-state index in [1.807, 2.05) is 37.3 Å². The molecule has 0 fully saturated rings. The Kier molecular flexibility index (Phi) is 5.31. The van der Waals surface area contributed by atoms with Crippen LogP contribution in [0.4, 0.5) is 5.69 Å². The van der Waals surface area contributed by atoms with E-state index in [0.717, 1.165) is 22.4 Å². The number of hydrogen-bond acceptors (Lipinski definition) is 6. The molecule has 0 aliphatic carbocycles. The maximum atomic E-state index is 6.04. The molecule has 30 heavy (non-hydrogen) atoms. The highest BCUT2D eigenvalue weighted by molar-refractivity contribution is 5.68. The lowest BCUT2D eigenvalue weighted by Crippen LogP contribution is -1.99. The van der Waals surface area contributed by atoms with Crippen LogP contribution in [0.1, 0.15) is 42.2 Å². The smallest absolute Gasteiger partial charge is 0.293 e. The van der Waals surface area contributed by atoms with Crippen LogP contribution in [0.15, 0.2) is 57.5 Å². The zero-order chi connectivity index (χ0) is 21.3. The fourth-order valence-electron chi connectivity index (χ4n) is 3.29. The van der Waals surface area contributed by atoms with Gasteiger partial charge in [0.2, 0.25) is 5.82 Å². The summed E-state index contributed by atoms with van der Waals surface area (Å²) < 4.78 is 17.3. The van der Waals surface area contributed by atoms with Crippen LogP contribution < -0.4 is 10.5 Å². The summed E-state index contributed by atoms with van der Waals surface area (Å²) in [4.78, 5) is 4.47. The molecule has 0 spiro atoms. The molecule has 0 bridgehead atoms. The fourth-order valence-corrected chi connectivity index (χ4v) is 3.29. The third-order valence-electron chi connectivity index (χ3n) is 5.08. The lowest BCUT2D eigenvalue weighted by Gasteiger charge is -2.14. The van der Waals surface area contributed by atoms with Crippen molar-refractivity contribution in [2.45, 2.75) is 40.2 Å². The van der Waals surface area contributed by atoms with Gasteiger partial charge < -0.3 is 19.4 Å². The second-order valence-electron chi connectivity index (χ2n) is 7.69. The maximum Gasteiger partial charge on any atom is 0.293 e. The Labute approximate surface area is 175 Å². The molecule has 2 aromatic heterocycles. The number of benzene rings is 2. The van der Waals surface area contributed by atoms with Crippen molar-refractivity contribution in [3.63, 3.8) is 0 Å². The normalized spacial score (nSPS) is 11.2. The van der Waals surface area contributed by atoms with E-state index < -0.39 is 0 Å². The summed E-state index contributed by atoms with van der Waals surface area (Å²) in [7, 11) is 0. The van der Waals surface area contributed by atoms with Crippen molar-refractivity contribution >= 4 is 5.69 Å². The predicted octanol–water partition coefficient (Wildman–Crippen LogP) is 5.90. The first kappa shape index (κ1) is 19.8. The van der Waals surface area contributed by atoms with Gasteiger partial charge in [-0.3, -0.25) is 0 Å².